The number of aliphatic hydroxyl groups is 2. The van der Waals surface area contributed by atoms with Crippen molar-refractivity contribution < 1.29 is 19.7 Å². The Morgan fingerprint density at radius 2 is 1.53 bits per heavy atom. The maximum absolute atomic E-state index is 10.3. The van der Waals surface area contributed by atoms with Crippen molar-refractivity contribution in [2.24, 2.45) is 0 Å². The molecule has 0 amide bonds. The van der Waals surface area contributed by atoms with Gasteiger partial charge in [0, 0.05) is 0 Å². The highest BCUT2D eigenvalue weighted by molar-refractivity contribution is 5.43. The molecule has 0 aliphatic rings. The van der Waals surface area contributed by atoms with Crippen LogP contribution in [0.4, 0.5) is 0 Å². The molecule has 0 saturated heterocycles. The van der Waals surface area contributed by atoms with Gasteiger partial charge in [0.1, 0.15) is 6.61 Å². The number of methoxy groups -OCH3 is 1. The molecule has 0 aromatic heterocycles. The number of benzene rings is 2. The third-order valence-electron chi connectivity index (χ3n) is 5.42. The summed E-state index contributed by atoms with van der Waals surface area (Å²) in [6.07, 6.45) is 7.61. The molecule has 4 nitrogen and oxygen atoms in total. The summed E-state index contributed by atoms with van der Waals surface area (Å²) in [5.74, 6) is 1.41. The molecule has 30 heavy (non-hydrogen) atoms. The van der Waals surface area contributed by atoms with E-state index in [2.05, 4.69) is 6.92 Å². The molecule has 4 heteroatoms. The van der Waals surface area contributed by atoms with Crippen molar-refractivity contribution >= 4 is 0 Å². The molecule has 0 saturated carbocycles. The number of hydrogen-bond acceptors (Lipinski definition) is 4. The lowest BCUT2D eigenvalue weighted by atomic mass is 9.99. The number of aliphatic hydroxyl groups excluding tert-OH is 2. The van der Waals surface area contributed by atoms with Crippen molar-refractivity contribution in [2.75, 3.05) is 7.11 Å². The fourth-order valence-corrected chi connectivity index (χ4v) is 3.59. The van der Waals surface area contributed by atoms with Gasteiger partial charge in [-0.15, -0.1) is 0 Å². The van der Waals surface area contributed by atoms with Crippen LogP contribution in [-0.4, -0.2) is 29.5 Å². The molecule has 0 aliphatic carbocycles. The molecule has 2 N–H and O–H groups in total. The fraction of sp³-hybridized carbons (Fsp3) is 0.538. The standard InChI is InChI=1S/C26H38O4/c1-3-4-5-6-10-13-23(27)19-24(28)16-14-21-15-17-25(26(18-21)29-2)30-20-22-11-8-7-9-12-22/h7-9,11-12,15,17-18,23-24,27-28H,3-6,10,13-14,16,19-20H2,1-2H3. The maximum atomic E-state index is 10.3. The average Bonchev–Trinajstić information content (AvgIpc) is 2.77. The zero-order valence-corrected chi connectivity index (χ0v) is 18.6. The van der Waals surface area contributed by atoms with Gasteiger partial charge in [-0.1, -0.05) is 75.4 Å². The average molecular weight is 415 g/mol. The lowest BCUT2D eigenvalue weighted by Gasteiger charge is -2.16. The quantitative estimate of drug-likeness (QED) is 0.368. The minimum Gasteiger partial charge on any atom is -0.493 e. The van der Waals surface area contributed by atoms with E-state index in [1.807, 2.05) is 48.5 Å². The number of aryl methyl sites for hydroxylation is 1. The monoisotopic (exact) mass is 414 g/mol. The predicted octanol–water partition coefficient (Wildman–Crippen LogP) is 5.68. The van der Waals surface area contributed by atoms with Crippen LogP contribution in [-0.2, 0) is 13.0 Å². The second kappa shape index (κ2) is 14.1. The molecule has 2 unspecified atom stereocenters. The van der Waals surface area contributed by atoms with E-state index in [4.69, 9.17) is 9.47 Å². The smallest absolute Gasteiger partial charge is 0.161 e. The number of ether oxygens (including phenoxy) is 2. The molecule has 0 spiro atoms. The van der Waals surface area contributed by atoms with Gasteiger partial charge in [0.2, 0.25) is 0 Å². The van der Waals surface area contributed by atoms with Crippen LogP contribution < -0.4 is 9.47 Å². The molecule has 2 atom stereocenters. The van der Waals surface area contributed by atoms with Crippen molar-refractivity contribution in [3.8, 4) is 11.5 Å². The molecule has 0 radical (unpaired) electrons. The molecule has 2 aromatic rings. The Morgan fingerprint density at radius 1 is 0.800 bits per heavy atom. The van der Waals surface area contributed by atoms with Crippen LogP contribution in [0, 0.1) is 0 Å². The third-order valence-corrected chi connectivity index (χ3v) is 5.42. The molecule has 0 heterocycles. The first kappa shape index (κ1) is 24.2. The molecular formula is C26H38O4. The third kappa shape index (κ3) is 9.19. The summed E-state index contributed by atoms with van der Waals surface area (Å²) in [5, 5.41) is 20.4. The summed E-state index contributed by atoms with van der Waals surface area (Å²) >= 11 is 0. The Bertz CT molecular complexity index is 701. The summed E-state index contributed by atoms with van der Waals surface area (Å²) in [4.78, 5) is 0. The van der Waals surface area contributed by atoms with Gasteiger partial charge in [0.15, 0.2) is 11.5 Å². The molecule has 0 fully saturated rings. The number of unbranched alkanes of at least 4 members (excludes halogenated alkanes) is 4. The van der Waals surface area contributed by atoms with Gasteiger partial charge in [0.05, 0.1) is 19.3 Å². The van der Waals surface area contributed by atoms with E-state index < -0.39 is 12.2 Å². The largest absolute Gasteiger partial charge is 0.493 e. The summed E-state index contributed by atoms with van der Waals surface area (Å²) in [5.41, 5.74) is 2.20. The lowest BCUT2D eigenvalue weighted by molar-refractivity contribution is 0.0697. The normalized spacial score (nSPS) is 13.1. The highest BCUT2D eigenvalue weighted by Gasteiger charge is 2.13. The first-order valence-electron chi connectivity index (χ1n) is 11.3. The van der Waals surface area contributed by atoms with E-state index in [1.54, 1.807) is 7.11 Å². The summed E-state index contributed by atoms with van der Waals surface area (Å²) in [6, 6.07) is 15.9. The highest BCUT2D eigenvalue weighted by atomic mass is 16.5. The van der Waals surface area contributed by atoms with Crippen LogP contribution in [0.1, 0.15) is 69.4 Å². The van der Waals surface area contributed by atoms with Crippen LogP contribution in [0.15, 0.2) is 48.5 Å². The SMILES string of the molecule is CCCCCCCC(O)CC(O)CCc1ccc(OCc2ccccc2)c(OC)c1. The Morgan fingerprint density at radius 3 is 2.27 bits per heavy atom. The summed E-state index contributed by atoms with van der Waals surface area (Å²) in [7, 11) is 1.64. The van der Waals surface area contributed by atoms with Crippen LogP contribution in [0.2, 0.25) is 0 Å². The van der Waals surface area contributed by atoms with Crippen LogP contribution in [0.5, 0.6) is 11.5 Å². The van der Waals surface area contributed by atoms with E-state index in [-0.39, 0.29) is 0 Å². The highest BCUT2D eigenvalue weighted by Crippen LogP contribution is 2.29. The molecule has 166 valence electrons. The molecule has 0 aliphatic heterocycles. The van der Waals surface area contributed by atoms with E-state index in [0.717, 1.165) is 30.4 Å². The van der Waals surface area contributed by atoms with Crippen LogP contribution >= 0.6 is 0 Å². The van der Waals surface area contributed by atoms with E-state index in [1.165, 1.54) is 25.7 Å². The molecule has 2 rings (SSSR count). The van der Waals surface area contributed by atoms with E-state index in [9.17, 15) is 10.2 Å². The van der Waals surface area contributed by atoms with Gasteiger partial charge in [-0.25, -0.2) is 0 Å². The van der Waals surface area contributed by atoms with Crippen molar-refractivity contribution in [1.29, 1.82) is 0 Å². The van der Waals surface area contributed by atoms with Gasteiger partial charge in [-0.05, 0) is 48.9 Å². The number of rotatable bonds is 15. The Balaban J connectivity index is 1.75. The molecule has 2 aromatic carbocycles. The topological polar surface area (TPSA) is 58.9 Å². The molecule has 0 bridgehead atoms. The second-order valence-electron chi connectivity index (χ2n) is 8.04. The predicted molar refractivity (Wildman–Crippen MR) is 122 cm³/mol. The second-order valence-corrected chi connectivity index (χ2v) is 8.04. The van der Waals surface area contributed by atoms with Crippen molar-refractivity contribution in [2.45, 2.75) is 83.5 Å². The first-order chi connectivity index (χ1) is 14.6. The zero-order valence-electron chi connectivity index (χ0n) is 18.6. The molecular weight excluding hydrogens is 376 g/mol. The first-order valence-corrected chi connectivity index (χ1v) is 11.3. The van der Waals surface area contributed by atoms with Gasteiger partial charge in [-0.2, -0.15) is 0 Å². The zero-order chi connectivity index (χ0) is 21.6. The van der Waals surface area contributed by atoms with Gasteiger partial charge < -0.3 is 19.7 Å². The summed E-state index contributed by atoms with van der Waals surface area (Å²) < 4.78 is 11.4. The van der Waals surface area contributed by atoms with Crippen molar-refractivity contribution in [3.63, 3.8) is 0 Å². The van der Waals surface area contributed by atoms with Crippen molar-refractivity contribution in [3.05, 3.63) is 59.7 Å². The summed E-state index contributed by atoms with van der Waals surface area (Å²) in [6.45, 7) is 2.69. The van der Waals surface area contributed by atoms with E-state index in [0.29, 0.717) is 30.9 Å². The fourth-order valence-electron chi connectivity index (χ4n) is 3.59. The number of hydrogen-bond donors (Lipinski definition) is 2. The minimum absolute atomic E-state index is 0.412. The van der Waals surface area contributed by atoms with Crippen molar-refractivity contribution in [1.82, 2.24) is 0 Å². The lowest BCUT2D eigenvalue weighted by Crippen LogP contribution is -2.18. The Hall–Kier alpha value is -2.04. The minimum atomic E-state index is -0.490. The van der Waals surface area contributed by atoms with Gasteiger partial charge in [-0.3, -0.25) is 0 Å². The van der Waals surface area contributed by atoms with Gasteiger partial charge >= 0.3 is 0 Å². The van der Waals surface area contributed by atoms with E-state index >= 15 is 0 Å². The Kier molecular flexibility index (Phi) is 11.3. The Labute approximate surface area is 181 Å². The van der Waals surface area contributed by atoms with Crippen LogP contribution in [0.25, 0.3) is 0 Å². The van der Waals surface area contributed by atoms with Crippen LogP contribution in [0.3, 0.4) is 0 Å². The van der Waals surface area contributed by atoms with Gasteiger partial charge in [0.25, 0.3) is 0 Å². The maximum Gasteiger partial charge on any atom is 0.161 e.